The number of hydrogen-bond acceptors (Lipinski definition) is 2. The minimum absolute atomic E-state index is 0.437. The maximum absolute atomic E-state index is 12.0. The molecule has 0 amide bonds. The standard InChI is InChI=1S/C12H17NO2S/c1-2-13-16(14,15)12-9-5-7-10-6-3-4-8-11(10)12/h5,7,9,13H,2-4,6,8H2,1H3. The van der Waals surface area contributed by atoms with E-state index in [1.807, 2.05) is 12.1 Å². The first-order valence-electron chi connectivity index (χ1n) is 5.75. The molecule has 4 heteroatoms. The van der Waals surface area contributed by atoms with Gasteiger partial charge in [-0.15, -0.1) is 0 Å². The summed E-state index contributed by atoms with van der Waals surface area (Å²) in [6.45, 7) is 2.24. The summed E-state index contributed by atoms with van der Waals surface area (Å²) in [5.41, 5.74) is 2.22. The van der Waals surface area contributed by atoms with Crippen LogP contribution in [0.3, 0.4) is 0 Å². The Bertz CT molecular complexity index is 480. The summed E-state index contributed by atoms with van der Waals surface area (Å²) in [5, 5.41) is 0. The lowest BCUT2D eigenvalue weighted by atomic mass is 9.92. The molecule has 88 valence electrons. The molecule has 2 rings (SSSR count). The van der Waals surface area contributed by atoms with E-state index in [9.17, 15) is 8.42 Å². The van der Waals surface area contributed by atoms with Gasteiger partial charge in [0, 0.05) is 6.54 Å². The van der Waals surface area contributed by atoms with Gasteiger partial charge >= 0.3 is 0 Å². The van der Waals surface area contributed by atoms with Gasteiger partial charge in [-0.05, 0) is 42.9 Å². The second-order valence-electron chi connectivity index (χ2n) is 4.10. The summed E-state index contributed by atoms with van der Waals surface area (Å²) in [5.74, 6) is 0. The van der Waals surface area contributed by atoms with Gasteiger partial charge < -0.3 is 0 Å². The quantitative estimate of drug-likeness (QED) is 0.875. The summed E-state index contributed by atoms with van der Waals surface area (Å²) in [6.07, 6.45) is 4.14. The molecule has 16 heavy (non-hydrogen) atoms. The van der Waals surface area contributed by atoms with Gasteiger partial charge in [0.2, 0.25) is 10.0 Å². The molecule has 0 bridgehead atoms. The van der Waals surface area contributed by atoms with Crippen molar-refractivity contribution in [2.24, 2.45) is 0 Å². The third-order valence-electron chi connectivity index (χ3n) is 2.98. The van der Waals surface area contributed by atoms with Crippen molar-refractivity contribution in [1.82, 2.24) is 4.72 Å². The average Bonchev–Trinajstić information content (AvgIpc) is 2.28. The van der Waals surface area contributed by atoms with Gasteiger partial charge in [-0.25, -0.2) is 13.1 Å². The Balaban J connectivity index is 2.49. The van der Waals surface area contributed by atoms with Crippen molar-refractivity contribution in [2.45, 2.75) is 37.5 Å². The van der Waals surface area contributed by atoms with Gasteiger partial charge in [0.05, 0.1) is 4.90 Å². The van der Waals surface area contributed by atoms with Gasteiger partial charge in [-0.2, -0.15) is 0 Å². The Morgan fingerprint density at radius 1 is 1.25 bits per heavy atom. The van der Waals surface area contributed by atoms with Crippen LogP contribution in [0.5, 0.6) is 0 Å². The molecule has 0 saturated carbocycles. The minimum Gasteiger partial charge on any atom is -0.211 e. The summed E-state index contributed by atoms with van der Waals surface area (Å²) < 4.78 is 26.5. The predicted molar refractivity (Wildman–Crippen MR) is 63.9 cm³/mol. The normalized spacial score (nSPS) is 15.8. The van der Waals surface area contributed by atoms with E-state index in [1.165, 1.54) is 5.56 Å². The van der Waals surface area contributed by atoms with Crippen LogP contribution in [0.25, 0.3) is 0 Å². The third-order valence-corrected chi connectivity index (χ3v) is 4.61. The Labute approximate surface area is 96.9 Å². The van der Waals surface area contributed by atoms with Crippen LogP contribution in [-0.4, -0.2) is 15.0 Å². The maximum Gasteiger partial charge on any atom is 0.240 e. The molecule has 0 radical (unpaired) electrons. The molecule has 1 N–H and O–H groups in total. The van der Waals surface area contributed by atoms with E-state index in [0.29, 0.717) is 11.4 Å². The molecule has 0 spiro atoms. The molecular formula is C12H17NO2S. The summed E-state index contributed by atoms with van der Waals surface area (Å²) in [6, 6.07) is 5.59. The first-order chi connectivity index (χ1) is 7.65. The predicted octanol–water partition coefficient (Wildman–Crippen LogP) is 1.86. The van der Waals surface area contributed by atoms with Gasteiger partial charge in [0.1, 0.15) is 0 Å². The second kappa shape index (κ2) is 4.55. The Hall–Kier alpha value is -0.870. The fraction of sp³-hybridized carbons (Fsp3) is 0.500. The molecule has 1 aromatic rings. The van der Waals surface area contributed by atoms with Crippen LogP contribution in [0, 0.1) is 0 Å². The van der Waals surface area contributed by atoms with Gasteiger partial charge in [-0.3, -0.25) is 0 Å². The molecule has 1 aliphatic carbocycles. The largest absolute Gasteiger partial charge is 0.240 e. The van der Waals surface area contributed by atoms with Crippen LogP contribution in [0.4, 0.5) is 0 Å². The number of sulfonamides is 1. The highest BCUT2D eigenvalue weighted by atomic mass is 32.2. The van der Waals surface area contributed by atoms with Crippen molar-refractivity contribution in [1.29, 1.82) is 0 Å². The van der Waals surface area contributed by atoms with E-state index in [4.69, 9.17) is 0 Å². The van der Waals surface area contributed by atoms with Crippen LogP contribution in [0.2, 0.25) is 0 Å². The molecule has 0 aromatic heterocycles. The zero-order valence-electron chi connectivity index (χ0n) is 9.49. The highest BCUT2D eigenvalue weighted by Crippen LogP contribution is 2.27. The highest BCUT2D eigenvalue weighted by molar-refractivity contribution is 7.89. The summed E-state index contributed by atoms with van der Waals surface area (Å²) in [7, 11) is -3.30. The van der Waals surface area contributed by atoms with E-state index >= 15 is 0 Å². The number of fused-ring (bicyclic) bond motifs is 1. The van der Waals surface area contributed by atoms with E-state index in [-0.39, 0.29) is 0 Å². The second-order valence-corrected chi connectivity index (χ2v) is 5.84. The summed E-state index contributed by atoms with van der Waals surface area (Å²) in [4.78, 5) is 0.478. The van der Waals surface area contributed by atoms with Crippen LogP contribution >= 0.6 is 0 Å². The maximum atomic E-state index is 12.0. The van der Waals surface area contributed by atoms with Crippen molar-refractivity contribution in [3.63, 3.8) is 0 Å². The first kappa shape index (κ1) is 11.6. The van der Waals surface area contributed by atoms with Crippen LogP contribution < -0.4 is 4.72 Å². The zero-order valence-corrected chi connectivity index (χ0v) is 10.3. The van der Waals surface area contributed by atoms with Crippen molar-refractivity contribution < 1.29 is 8.42 Å². The average molecular weight is 239 g/mol. The fourth-order valence-electron chi connectivity index (χ4n) is 2.27. The van der Waals surface area contributed by atoms with Gasteiger partial charge in [-0.1, -0.05) is 19.1 Å². The van der Waals surface area contributed by atoms with Crippen LogP contribution in [0.1, 0.15) is 30.9 Å². The van der Waals surface area contributed by atoms with Crippen LogP contribution in [0.15, 0.2) is 23.1 Å². The Morgan fingerprint density at radius 3 is 2.75 bits per heavy atom. The van der Waals surface area contributed by atoms with E-state index < -0.39 is 10.0 Å². The van der Waals surface area contributed by atoms with Gasteiger partial charge in [0.25, 0.3) is 0 Å². The molecule has 3 nitrogen and oxygen atoms in total. The molecule has 0 aliphatic heterocycles. The lowest BCUT2D eigenvalue weighted by Gasteiger charge is -2.19. The lowest BCUT2D eigenvalue weighted by Crippen LogP contribution is -2.25. The molecule has 0 fully saturated rings. The number of nitrogens with one attached hydrogen (secondary N) is 1. The van der Waals surface area contributed by atoms with E-state index in [0.717, 1.165) is 31.2 Å². The molecule has 0 heterocycles. The van der Waals surface area contributed by atoms with Crippen molar-refractivity contribution in [3.8, 4) is 0 Å². The third kappa shape index (κ3) is 2.13. The molecular weight excluding hydrogens is 222 g/mol. The highest BCUT2D eigenvalue weighted by Gasteiger charge is 2.21. The Morgan fingerprint density at radius 2 is 2.00 bits per heavy atom. The SMILES string of the molecule is CCNS(=O)(=O)c1cccc2c1CCCC2. The fourth-order valence-corrected chi connectivity index (χ4v) is 3.62. The lowest BCUT2D eigenvalue weighted by molar-refractivity contribution is 0.579. The van der Waals surface area contributed by atoms with Crippen LogP contribution in [-0.2, 0) is 22.9 Å². The molecule has 0 unspecified atom stereocenters. The Kier molecular flexibility index (Phi) is 3.30. The van der Waals surface area contributed by atoms with E-state index in [1.54, 1.807) is 13.0 Å². The smallest absolute Gasteiger partial charge is 0.211 e. The zero-order chi connectivity index (χ0) is 11.6. The minimum atomic E-state index is -3.30. The van der Waals surface area contributed by atoms with Crippen molar-refractivity contribution >= 4 is 10.0 Å². The van der Waals surface area contributed by atoms with Gasteiger partial charge in [0.15, 0.2) is 0 Å². The number of rotatable bonds is 3. The molecule has 1 aromatic carbocycles. The topological polar surface area (TPSA) is 46.2 Å². The number of aryl methyl sites for hydroxylation is 1. The molecule has 0 saturated heterocycles. The monoisotopic (exact) mass is 239 g/mol. The van der Waals surface area contributed by atoms with Crippen molar-refractivity contribution in [2.75, 3.05) is 6.54 Å². The van der Waals surface area contributed by atoms with E-state index in [2.05, 4.69) is 4.72 Å². The molecule has 0 atom stereocenters. The first-order valence-corrected chi connectivity index (χ1v) is 7.24. The summed E-state index contributed by atoms with van der Waals surface area (Å²) >= 11 is 0. The van der Waals surface area contributed by atoms with Crippen molar-refractivity contribution in [3.05, 3.63) is 29.3 Å². The number of benzene rings is 1. The molecule has 1 aliphatic rings. The number of hydrogen-bond donors (Lipinski definition) is 1.